The number of hydrogen-bond acceptors (Lipinski definition) is 7. The van der Waals surface area contributed by atoms with Gasteiger partial charge in [-0.2, -0.15) is 0 Å². The summed E-state index contributed by atoms with van der Waals surface area (Å²) in [5.41, 5.74) is 3.15. The molecule has 1 aliphatic rings. The Bertz CT molecular complexity index is 1070. The highest BCUT2D eigenvalue weighted by molar-refractivity contribution is 6.00. The van der Waals surface area contributed by atoms with Crippen molar-refractivity contribution in [2.45, 2.75) is 0 Å². The summed E-state index contributed by atoms with van der Waals surface area (Å²) in [6.45, 7) is 2.23. The van der Waals surface area contributed by atoms with Crippen molar-refractivity contribution in [3.05, 3.63) is 42.0 Å². The van der Waals surface area contributed by atoms with Gasteiger partial charge in [0.15, 0.2) is 0 Å². The lowest BCUT2D eigenvalue weighted by Crippen LogP contribution is -2.33. The molecule has 0 unspecified atom stereocenters. The number of amides is 1. The summed E-state index contributed by atoms with van der Waals surface area (Å²) in [5.74, 6) is 1.19. The van der Waals surface area contributed by atoms with E-state index in [2.05, 4.69) is 42.7 Å². The maximum atomic E-state index is 12.7. The van der Waals surface area contributed by atoms with E-state index in [9.17, 15) is 4.79 Å². The van der Waals surface area contributed by atoms with Gasteiger partial charge in [0.25, 0.3) is 5.91 Å². The van der Waals surface area contributed by atoms with Gasteiger partial charge in [-0.1, -0.05) is 12.2 Å². The van der Waals surface area contributed by atoms with Crippen molar-refractivity contribution in [1.82, 2.24) is 29.7 Å². The van der Waals surface area contributed by atoms with Crippen LogP contribution in [0.15, 0.2) is 30.7 Å². The van der Waals surface area contributed by atoms with Crippen molar-refractivity contribution < 1.29 is 4.79 Å². The number of H-pyrrole nitrogens is 1. The molecule has 1 amide bonds. The molecule has 150 valence electrons. The Kier molecular flexibility index (Phi) is 5.13. The molecule has 3 aromatic heterocycles. The van der Waals surface area contributed by atoms with Crippen LogP contribution in [0.3, 0.4) is 0 Å². The zero-order valence-corrected chi connectivity index (χ0v) is 16.7. The molecule has 4 heterocycles. The van der Waals surface area contributed by atoms with Gasteiger partial charge >= 0.3 is 0 Å². The Morgan fingerprint density at radius 1 is 1.17 bits per heavy atom. The number of hydrogen-bond donors (Lipinski definition) is 3. The summed E-state index contributed by atoms with van der Waals surface area (Å²) in [5, 5.41) is 7.26. The van der Waals surface area contributed by atoms with Gasteiger partial charge in [0.2, 0.25) is 0 Å². The van der Waals surface area contributed by atoms with Gasteiger partial charge < -0.3 is 25.4 Å². The second kappa shape index (κ2) is 7.88. The van der Waals surface area contributed by atoms with Gasteiger partial charge in [-0.15, -0.1) is 0 Å². The average Bonchev–Trinajstić information content (AvgIpc) is 3.16. The average molecular weight is 392 g/mol. The molecule has 3 aromatic rings. The molecule has 0 spiro atoms. The molecule has 3 N–H and O–H groups in total. The second-order valence-electron chi connectivity index (χ2n) is 7.26. The van der Waals surface area contributed by atoms with Crippen LogP contribution in [0.4, 0.5) is 17.3 Å². The Labute approximate surface area is 168 Å². The van der Waals surface area contributed by atoms with Crippen molar-refractivity contribution in [1.29, 1.82) is 0 Å². The summed E-state index contributed by atoms with van der Waals surface area (Å²) in [6, 6.07) is 3.74. The first-order chi connectivity index (χ1) is 14.0. The number of rotatable bonds is 6. The number of nitrogens with one attached hydrogen (secondary N) is 3. The van der Waals surface area contributed by atoms with E-state index in [4.69, 9.17) is 0 Å². The molecule has 0 bridgehead atoms. The number of nitrogens with zero attached hydrogens (tertiary/aromatic N) is 5. The predicted molar refractivity (Wildman–Crippen MR) is 114 cm³/mol. The summed E-state index contributed by atoms with van der Waals surface area (Å²) in [6.07, 6.45) is 7.38. The molecular formula is C20H24N8O. The molecule has 0 saturated carbocycles. The molecule has 29 heavy (non-hydrogen) atoms. The van der Waals surface area contributed by atoms with Crippen molar-refractivity contribution in [2.75, 3.05) is 51.4 Å². The lowest BCUT2D eigenvalue weighted by Gasteiger charge is -2.18. The summed E-state index contributed by atoms with van der Waals surface area (Å²) in [7, 11) is 5.76. The number of pyridine rings is 1. The molecule has 0 aromatic carbocycles. The summed E-state index contributed by atoms with van der Waals surface area (Å²) < 4.78 is 0. The smallest absolute Gasteiger partial charge is 0.270 e. The van der Waals surface area contributed by atoms with E-state index in [0.29, 0.717) is 29.5 Å². The van der Waals surface area contributed by atoms with E-state index in [1.165, 1.54) is 6.33 Å². The SMILES string of the molecule is CN(C)CCN(C)C(=O)c1cc2c(Nc3cc4c(cn3)NCC=C4)ncnc2[nH]1. The van der Waals surface area contributed by atoms with Crippen LogP contribution < -0.4 is 10.6 Å². The van der Waals surface area contributed by atoms with E-state index in [0.717, 1.165) is 29.7 Å². The third-order valence-electron chi connectivity index (χ3n) is 4.78. The van der Waals surface area contributed by atoms with E-state index < -0.39 is 0 Å². The first-order valence-electron chi connectivity index (χ1n) is 9.42. The molecule has 1 aliphatic heterocycles. The number of fused-ring (bicyclic) bond motifs is 2. The van der Waals surface area contributed by atoms with E-state index in [1.54, 1.807) is 24.2 Å². The largest absolute Gasteiger partial charge is 0.380 e. The predicted octanol–water partition coefficient (Wildman–Crippen LogP) is 2.17. The van der Waals surface area contributed by atoms with Gasteiger partial charge in [-0.05, 0) is 26.2 Å². The lowest BCUT2D eigenvalue weighted by molar-refractivity contribution is 0.0781. The topological polar surface area (TPSA) is 102 Å². The minimum atomic E-state index is -0.0843. The van der Waals surface area contributed by atoms with Gasteiger partial charge in [-0.25, -0.2) is 15.0 Å². The monoisotopic (exact) mass is 392 g/mol. The van der Waals surface area contributed by atoms with Crippen LogP contribution in [0.2, 0.25) is 0 Å². The Balaban J connectivity index is 1.58. The normalized spacial score (nSPS) is 12.7. The van der Waals surface area contributed by atoms with Crippen LogP contribution in [0.5, 0.6) is 0 Å². The maximum absolute atomic E-state index is 12.7. The fraction of sp³-hybridized carbons (Fsp3) is 0.300. The third kappa shape index (κ3) is 4.04. The van der Waals surface area contributed by atoms with E-state index >= 15 is 0 Å². The zero-order chi connectivity index (χ0) is 20.4. The van der Waals surface area contributed by atoms with Gasteiger partial charge in [0.1, 0.15) is 29.3 Å². The number of carbonyl (C=O) groups is 1. The van der Waals surface area contributed by atoms with Gasteiger partial charge in [0.05, 0.1) is 17.3 Å². The summed E-state index contributed by atoms with van der Waals surface area (Å²) >= 11 is 0. The van der Waals surface area contributed by atoms with Crippen LogP contribution >= 0.6 is 0 Å². The highest BCUT2D eigenvalue weighted by Gasteiger charge is 2.17. The molecular weight excluding hydrogens is 368 g/mol. The first kappa shape index (κ1) is 18.9. The quantitative estimate of drug-likeness (QED) is 0.591. The van der Waals surface area contributed by atoms with Crippen molar-refractivity contribution >= 4 is 40.3 Å². The lowest BCUT2D eigenvalue weighted by atomic mass is 10.1. The number of aromatic nitrogens is 4. The minimum Gasteiger partial charge on any atom is -0.380 e. The Morgan fingerprint density at radius 2 is 2.03 bits per heavy atom. The molecule has 0 radical (unpaired) electrons. The molecule has 0 saturated heterocycles. The first-order valence-corrected chi connectivity index (χ1v) is 9.42. The zero-order valence-electron chi connectivity index (χ0n) is 16.7. The minimum absolute atomic E-state index is 0.0843. The molecule has 0 aliphatic carbocycles. The molecule has 9 heteroatoms. The van der Waals surface area contributed by atoms with Crippen LogP contribution in [0.25, 0.3) is 17.1 Å². The van der Waals surface area contributed by atoms with Gasteiger partial charge in [-0.3, -0.25) is 4.79 Å². The van der Waals surface area contributed by atoms with Gasteiger partial charge in [0, 0.05) is 32.2 Å². The summed E-state index contributed by atoms with van der Waals surface area (Å²) in [4.78, 5) is 32.6. The van der Waals surface area contributed by atoms with Crippen molar-refractivity contribution in [3.8, 4) is 0 Å². The Hall–Kier alpha value is -3.46. The van der Waals surface area contributed by atoms with E-state index in [1.807, 2.05) is 25.1 Å². The van der Waals surface area contributed by atoms with Crippen LogP contribution in [0, 0.1) is 0 Å². The highest BCUT2D eigenvalue weighted by atomic mass is 16.2. The second-order valence-corrected chi connectivity index (χ2v) is 7.26. The van der Waals surface area contributed by atoms with Crippen molar-refractivity contribution in [2.24, 2.45) is 0 Å². The van der Waals surface area contributed by atoms with Crippen molar-refractivity contribution in [3.63, 3.8) is 0 Å². The van der Waals surface area contributed by atoms with Crippen LogP contribution in [-0.4, -0.2) is 76.4 Å². The molecule has 9 nitrogen and oxygen atoms in total. The number of anilines is 3. The fourth-order valence-corrected chi connectivity index (χ4v) is 3.11. The fourth-order valence-electron chi connectivity index (χ4n) is 3.11. The Morgan fingerprint density at radius 3 is 2.86 bits per heavy atom. The third-order valence-corrected chi connectivity index (χ3v) is 4.78. The van der Waals surface area contributed by atoms with Crippen LogP contribution in [0.1, 0.15) is 16.1 Å². The van der Waals surface area contributed by atoms with Crippen LogP contribution in [-0.2, 0) is 0 Å². The van der Waals surface area contributed by atoms with E-state index in [-0.39, 0.29) is 5.91 Å². The standard InChI is InChI=1S/C20H24N8O/c1-27(2)7-8-28(3)20(29)15-10-14-18(25-15)23-12-24-19(14)26-17-9-13-5-4-6-21-16(13)11-22-17/h4-5,9-12,21H,6-8H2,1-3H3,(H2,22,23,24,25,26). The number of likely N-dealkylation sites (N-methyl/N-ethyl adjacent to an activating group) is 2. The molecule has 0 fully saturated rings. The number of aromatic amines is 1. The molecule has 4 rings (SSSR count). The number of carbonyl (C=O) groups excluding carboxylic acids is 1. The highest BCUT2D eigenvalue weighted by Crippen LogP contribution is 2.27. The maximum Gasteiger partial charge on any atom is 0.270 e. The molecule has 0 atom stereocenters.